The Morgan fingerprint density at radius 1 is 0.950 bits per heavy atom. The molecule has 2 fully saturated rings. The summed E-state index contributed by atoms with van der Waals surface area (Å²) in [5.74, 6) is 2.52. The van der Waals surface area contributed by atoms with Gasteiger partial charge in [0.15, 0.2) is 0 Å². The van der Waals surface area contributed by atoms with Crippen LogP contribution in [-0.4, -0.2) is 36.6 Å². The van der Waals surface area contributed by atoms with E-state index in [4.69, 9.17) is 0 Å². The van der Waals surface area contributed by atoms with E-state index in [9.17, 15) is 0 Å². The predicted octanol–water partition coefficient (Wildman–Crippen LogP) is 3.91. The zero-order valence-electron chi connectivity index (χ0n) is 14.2. The summed E-state index contributed by atoms with van der Waals surface area (Å²) in [7, 11) is 0. The lowest BCUT2D eigenvalue weighted by molar-refractivity contribution is 0.103. The maximum absolute atomic E-state index is 3.71. The summed E-state index contributed by atoms with van der Waals surface area (Å²) in [6, 6.07) is 1.63. The molecule has 0 aromatic rings. The van der Waals surface area contributed by atoms with Crippen molar-refractivity contribution < 1.29 is 0 Å². The first-order valence-corrected chi connectivity index (χ1v) is 9.06. The van der Waals surface area contributed by atoms with Crippen LogP contribution in [0.15, 0.2) is 0 Å². The molecule has 1 aliphatic carbocycles. The van der Waals surface area contributed by atoms with Crippen LogP contribution in [0, 0.1) is 17.8 Å². The highest BCUT2D eigenvalue weighted by Gasteiger charge is 2.37. The highest BCUT2D eigenvalue weighted by atomic mass is 15.2. The molecule has 1 saturated carbocycles. The molecule has 0 aromatic heterocycles. The molecule has 0 spiro atoms. The molecule has 2 heteroatoms. The summed E-state index contributed by atoms with van der Waals surface area (Å²) in [5, 5.41) is 3.71. The maximum Gasteiger partial charge on any atom is 0.0246 e. The minimum atomic E-state index is 0.738. The molecule has 2 nitrogen and oxygen atoms in total. The average molecular weight is 280 g/mol. The van der Waals surface area contributed by atoms with Crippen molar-refractivity contribution >= 4 is 0 Å². The summed E-state index contributed by atoms with van der Waals surface area (Å²) >= 11 is 0. The molecular weight excluding hydrogens is 244 g/mol. The van der Waals surface area contributed by atoms with Crippen LogP contribution < -0.4 is 5.32 Å². The van der Waals surface area contributed by atoms with E-state index in [0.717, 1.165) is 36.4 Å². The van der Waals surface area contributed by atoms with E-state index in [2.05, 4.69) is 37.9 Å². The van der Waals surface area contributed by atoms with Crippen LogP contribution in [0.25, 0.3) is 0 Å². The van der Waals surface area contributed by atoms with Gasteiger partial charge in [0.25, 0.3) is 0 Å². The van der Waals surface area contributed by atoms with E-state index in [1.54, 1.807) is 0 Å². The molecule has 118 valence electrons. The number of hydrogen-bond donors (Lipinski definition) is 1. The molecule has 20 heavy (non-hydrogen) atoms. The van der Waals surface area contributed by atoms with Gasteiger partial charge in [-0.3, -0.25) is 4.90 Å². The second-order valence-corrected chi connectivity index (χ2v) is 7.86. The quantitative estimate of drug-likeness (QED) is 0.760. The minimum absolute atomic E-state index is 0.738. The molecular formula is C18H36N2. The van der Waals surface area contributed by atoms with Gasteiger partial charge in [-0.15, -0.1) is 0 Å². The Morgan fingerprint density at radius 2 is 1.65 bits per heavy atom. The van der Waals surface area contributed by atoms with Crippen LogP contribution in [0.5, 0.6) is 0 Å². The number of likely N-dealkylation sites (tertiary alicyclic amines) is 1. The Balaban J connectivity index is 1.92. The van der Waals surface area contributed by atoms with Crippen LogP contribution in [-0.2, 0) is 0 Å². The van der Waals surface area contributed by atoms with Crippen molar-refractivity contribution in [2.75, 3.05) is 19.6 Å². The summed E-state index contributed by atoms with van der Waals surface area (Å²) in [5.41, 5.74) is 0. The van der Waals surface area contributed by atoms with E-state index < -0.39 is 0 Å². The van der Waals surface area contributed by atoms with Gasteiger partial charge >= 0.3 is 0 Å². The van der Waals surface area contributed by atoms with Gasteiger partial charge in [0.1, 0.15) is 0 Å². The zero-order valence-corrected chi connectivity index (χ0v) is 14.2. The van der Waals surface area contributed by atoms with E-state index in [0.29, 0.717) is 0 Å². The fourth-order valence-corrected chi connectivity index (χ4v) is 4.33. The molecule has 2 atom stereocenters. The molecule has 2 aliphatic rings. The second kappa shape index (κ2) is 7.79. The molecule has 1 heterocycles. The number of nitrogens with zero attached hydrogens (tertiary/aromatic N) is 1. The summed E-state index contributed by atoms with van der Waals surface area (Å²) in [4.78, 5) is 2.88. The maximum atomic E-state index is 3.71. The average Bonchev–Trinajstić information content (AvgIpc) is 3.03. The fourth-order valence-electron chi connectivity index (χ4n) is 4.33. The Hall–Kier alpha value is -0.0800. The van der Waals surface area contributed by atoms with Crippen LogP contribution in [0.2, 0.25) is 0 Å². The van der Waals surface area contributed by atoms with Crippen molar-refractivity contribution in [1.82, 2.24) is 10.2 Å². The lowest BCUT2D eigenvalue weighted by Gasteiger charge is -2.38. The molecule has 0 bridgehead atoms. The van der Waals surface area contributed by atoms with E-state index in [-0.39, 0.29) is 0 Å². The van der Waals surface area contributed by atoms with Crippen LogP contribution in [0.4, 0.5) is 0 Å². The Labute approximate surface area is 126 Å². The van der Waals surface area contributed by atoms with Crippen molar-refractivity contribution in [2.45, 2.75) is 78.3 Å². The van der Waals surface area contributed by atoms with Gasteiger partial charge in [0.2, 0.25) is 0 Å². The first kappa shape index (κ1) is 16.3. The molecule has 1 aliphatic heterocycles. The minimum Gasteiger partial charge on any atom is -0.315 e. The van der Waals surface area contributed by atoms with E-state index in [1.165, 1.54) is 51.6 Å². The smallest absolute Gasteiger partial charge is 0.0246 e. The third-order valence-corrected chi connectivity index (χ3v) is 5.39. The fraction of sp³-hybridized carbons (Fsp3) is 1.00. The Morgan fingerprint density at radius 3 is 2.25 bits per heavy atom. The van der Waals surface area contributed by atoms with Gasteiger partial charge in [-0.05, 0) is 56.5 Å². The van der Waals surface area contributed by atoms with Crippen molar-refractivity contribution in [1.29, 1.82) is 0 Å². The summed E-state index contributed by atoms with van der Waals surface area (Å²) in [6.45, 7) is 13.1. The van der Waals surface area contributed by atoms with Crippen molar-refractivity contribution in [3.05, 3.63) is 0 Å². The third kappa shape index (κ3) is 4.21. The van der Waals surface area contributed by atoms with Gasteiger partial charge in [-0.2, -0.15) is 0 Å². The van der Waals surface area contributed by atoms with Crippen molar-refractivity contribution in [3.8, 4) is 0 Å². The van der Waals surface area contributed by atoms with Crippen LogP contribution in [0.1, 0.15) is 66.2 Å². The lowest BCUT2D eigenvalue weighted by atomic mass is 9.93. The van der Waals surface area contributed by atoms with Gasteiger partial charge in [0, 0.05) is 18.6 Å². The highest BCUT2D eigenvalue weighted by molar-refractivity contribution is 4.92. The monoisotopic (exact) mass is 280 g/mol. The second-order valence-electron chi connectivity index (χ2n) is 7.86. The predicted molar refractivity (Wildman–Crippen MR) is 88.0 cm³/mol. The molecule has 2 unspecified atom stereocenters. The Bertz CT molecular complexity index is 269. The van der Waals surface area contributed by atoms with E-state index in [1.807, 2.05) is 0 Å². The zero-order chi connectivity index (χ0) is 14.5. The molecule has 0 aromatic carbocycles. The molecule has 1 saturated heterocycles. The Kier molecular flexibility index (Phi) is 6.35. The molecule has 0 amide bonds. The van der Waals surface area contributed by atoms with Gasteiger partial charge < -0.3 is 5.32 Å². The van der Waals surface area contributed by atoms with Crippen LogP contribution >= 0.6 is 0 Å². The largest absolute Gasteiger partial charge is 0.315 e. The number of nitrogens with one attached hydrogen (secondary N) is 1. The molecule has 2 rings (SSSR count). The van der Waals surface area contributed by atoms with Gasteiger partial charge in [-0.25, -0.2) is 0 Å². The first-order chi connectivity index (χ1) is 9.59. The van der Waals surface area contributed by atoms with Gasteiger partial charge in [-0.1, -0.05) is 40.5 Å². The van der Waals surface area contributed by atoms with Crippen molar-refractivity contribution in [2.24, 2.45) is 17.8 Å². The molecule has 1 N–H and O–H groups in total. The van der Waals surface area contributed by atoms with Gasteiger partial charge in [0.05, 0.1) is 0 Å². The molecule has 0 radical (unpaired) electrons. The number of hydrogen-bond acceptors (Lipinski definition) is 2. The van der Waals surface area contributed by atoms with E-state index >= 15 is 0 Å². The standard InChI is InChI=1S/C18H36N2/c1-14(2)12-19-13-18(15(3)4)20-11-7-10-17(20)16-8-5-6-9-16/h14-19H,5-13H2,1-4H3. The normalized spacial score (nSPS) is 27.0. The van der Waals surface area contributed by atoms with Crippen molar-refractivity contribution in [3.63, 3.8) is 0 Å². The summed E-state index contributed by atoms with van der Waals surface area (Å²) in [6.07, 6.45) is 8.82. The SMILES string of the molecule is CC(C)CNCC(C(C)C)N1CCCC1C1CCCC1. The first-order valence-electron chi connectivity index (χ1n) is 9.06. The third-order valence-electron chi connectivity index (χ3n) is 5.39. The summed E-state index contributed by atoms with van der Waals surface area (Å²) < 4.78 is 0. The van der Waals surface area contributed by atoms with Crippen LogP contribution in [0.3, 0.4) is 0 Å². The number of rotatable bonds is 7. The lowest BCUT2D eigenvalue weighted by Crippen LogP contribution is -2.50. The highest BCUT2D eigenvalue weighted by Crippen LogP contribution is 2.37. The topological polar surface area (TPSA) is 15.3 Å².